The Morgan fingerprint density at radius 3 is 2.00 bits per heavy atom. The zero-order chi connectivity index (χ0) is 9.94. The van der Waals surface area contributed by atoms with Gasteiger partial charge < -0.3 is 13.3 Å². The average molecular weight is 204 g/mol. The van der Waals surface area contributed by atoms with Gasteiger partial charge in [0.05, 0.1) is 6.61 Å². The van der Waals surface area contributed by atoms with Crippen molar-refractivity contribution in [2.24, 2.45) is 0 Å². The zero-order valence-corrected chi connectivity index (χ0v) is 9.94. The third-order valence-corrected chi connectivity index (χ3v) is 3.01. The summed E-state index contributed by atoms with van der Waals surface area (Å²) >= 11 is 0. The predicted molar refractivity (Wildman–Crippen MR) is 55.8 cm³/mol. The summed E-state index contributed by atoms with van der Waals surface area (Å²) in [7, 11) is -1.83. The van der Waals surface area contributed by atoms with Gasteiger partial charge in [0.1, 0.15) is 0 Å². The summed E-state index contributed by atoms with van der Waals surface area (Å²) in [5.74, 6) is 0. The molecule has 13 heavy (non-hydrogen) atoms. The quantitative estimate of drug-likeness (QED) is 0.445. The van der Waals surface area contributed by atoms with Gasteiger partial charge in [-0.2, -0.15) is 0 Å². The lowest BCUT2D eigenvalue weighted by Crippen LogP contribution is -2.27. The minimum atomic E-state index is -1.83. The Bertz CT molecular complexity index is 122. The molecule has 0 aliphatic carbocycles. The Morgan fingerprint density at radius 2 is 1.54 bits per heavy atom. The number of allylic oxidation sites excluding steroid dienone is 1. The van der Waals surface area contributed by atoms with Gasteiger partial charge in [-0.15, -0.1) is 0 Å². The highest BCUT2D eigenvalue weighted by atomic mass is 28.3. The van der Waals surface area contributed by atoms with Crippen LogP contribution in [0.4, 0.5) is 0 Å². The Labute approximate surface area is 82.7 Å². The molecule has 0 radical (unpaired) electrons. The van der Waals surface area contributed by atoms with Crippen LogP contribution in [0.25, 0.3) is 0 Å². The van der Waals surface area contributed by atoms with E-state index in [-0.39, 0.29) is 0 Å². The van der Waals surface area contributed by atoms with Crippen LogP contribution in [-0.2, 0) is 13.3 Å². The third kappa shape index (κ3) is 8.17. The maximum Gasteiger partial charge on any atom is 0.484 e. The fourth-order valence-electron chi connectivity index (χ4n) is 0.785. The van der Waals surface area contributed by atoms with Crippen molar-refractivity contribution in [1.82, 2.24) is 0 Å². The van der Waals surface area contributed by atoms with Crippen molar-refractivity contribution in [3.63, 3.8) is 0 Å². The fourth-order valence-corrected chi connectivity index (χ4v) is 1.89. The van der Waals surface area contributed by atoms with Crippen LogP contribution in [0.3, 0.4) is 0 Å². The van der Waals surface area contributed by atoms with Crippen LogP contribution in [0.1, 0.15) is 27.2 Å². The molecule has 0 aromatic carbocycles. The normalized spacial score (nSPS) is 11.7. The smallest absolute Gasteiger partial charge is 0.376 e. The van der Waals surface area contributed by atoms with Gasteiger partial charge in [0.25, 0.3) is 0 Å². The molecule has 0 amide bonds. The Hall–Kier alpha value is -0.163. The van der Waals surface area contributed by atoms with Crippen LogP contribution in [0.5, 0.6) is 0 Å². The van der Waals surface area contributed by atoms with Crippen molar-refractivity contribution < 1.29 is 13.3 Å². The van der Waals surface area contributed by atoms with Crippen molar-refractivity contribution in [3.8, 4) is 0 Å². The lowest BCUT2D eigenvalue weighted by molar-refractivity contribution is 0.112. The first-order valence-electron chi connectivity index (χ1n) is 4.84. The SMILES string of the molecule is CCC=CCO[SiH](OCC)OCC. The molecule has 0 aromatic heterocycles. The second-order valence-electron chi connectivity index (χ2n) is 2.41. The van der Waals surface area contributed by atoms with Gasteiger partial charge in [-0.25, -0.2) is 0 Å². The van der Waals surface area contributed by atoms with Gasteiger partial charge in [0.15, 0.2) is 0 Å². The maximum atomic E-state index is 5.43. The molecule has 0 aliphatic heterocycles. The van der Waals surface area contributed by atoms with Crippen LogP contribution in [0.2, 0.25) is 0 Å². The number of rotatable bonds is 8. The first-order valence-corrected chi connectivity index (χ1v) is 6.26. The maximum absolute atomic E-state index is 5.43. The molecular formula is C9H20O3Si. The molecule has 3 nitrogen and oxygen atoms in total. The molecule has 0 unspecified atom stereocenters. The molecule has 0 fully saturated rings. The van der Waals surface area contributed by atoms with E-state index >= 15 is 0 Å². The molecule has 0 N–H and O–H groups in total. The molecule has 0 atom stereocenters. The fraction of sp³-hybridized carbons (Fsp3) is 0.778. The van der Waals surface area contributed by atoms with E-state index in [1.807, 2.05) is 19.9 Å². The third-order valence-electron chi connectivity index (χ3n) is 1.34. The molecule has 0 saturated carbocycles. The highest BCUT2D eigenvalue weighted by molar-refractivity contribution is 6.36. The first-order chi connectivity index (χ1) is 6.35. The van der Waals surface area contributed by atoms with Crippen molar-refractivity contribution in [1.29, 1.82) is 0 Å². The van der Waals surface area contributed by atoms with Crippen LogP contribution < -0.4 is 0 Å². The summed E-state index contributed by atoms with van der Waals surface area (Å²) in [6, 6.07) is 0. The Kier molecular flexibility index (Phi) is 9.80. The molecule has 0 saturated heterocycles. The Balaban J connectivity index is 3.49. The molecule has 4 heteroatoms. The van der Waals surface area contributed by atoms with Gasteiger partial charge in [-0.05, 0) is 20.3 Å². The van der Waals surface area contributed by atoms with E-state index < -0.39 is 9.53 Å². The lowest BCUT2D eigenvalue weighted by Gasteiger charge is -2.13. The average Bonchev–Trinajstić information content (AvgIpc) is 2.13. The zero-order valence-electron chi connectivity index (χ0n) is 8.79. The molecule has 0 aromatic rings. The standard InChI is InChI=1S/C9H20O3Si/c1-4-7-8-9-12-13(10-5-2)11-6-3/h7-8,13H,4-6,9H2,1-3H3. The van der Waals surface area contributed by atoms with E-state index in [4.69, 9.17) is 13.3 Å². The second kappa shape index (κ2) is 9.92. The minimum absolute atomic E-state index is 0.602. The van der Waals surface area contributed by atoms with E-state index in [1.54, 1.807) is 0 Å². The van der Waals surface area contributed by atoms with Crippen molar-refractivity contribution >= 4 is 9.53 Å². The van der Waals surface area contributed by atoms with Gasteiger partial charge in [-0.1, -0.05) is 19.1 Å². The highest BCUT2D eigenvalue weighted by Gasteiger charge is 2.11. The molecule has 0 spiro atoms. The number of hydrogen-bond acceptors (Lipinski definition) is 3. The van der Waals surface area contributed by atoms with Gasteiger partial charge in [-0.3, -0.25) is 0 Å². The summed E-state index contributed by atoms with van der Waals surface area (Å²) in [5.41, 5.74) is 0. The van der Waals surface area contributed by atoms with E-state index in [0.29, 0.717) is 19.8 Å². The van der Waals surface area contributed by atoms with Gasteiger partial charge in [0.2, 0.25) is 0 Å². The predicted octanol–water partition coefficient (Wildman–Crippen LogP) is 1.76. The molecule has 0 rings (SSSR count). The van der Waals surface area contributed by atoms with Gasteiger partial charge in [0, 0.05) is 13.2 Å². The van der Waals surface area contributed by atoms with Crippen molar-refractivity contribution in [3.05, 3.63) is 12.2 Å². The Morgan fingerprint density at radius 1 is 0.923 bits per heavy atom. The minimum Gasteiger partial charge on any atom is -0.376 e. The molecule has 0 heterocycles. The van der Waals surface area contributed by atoms with Crippen LogP contribution in [0, 0.1) is 0 Å². The van der Waals surface area contributed by atoms with Crippen LogP contribution >= 0.6 is 0 Å². The highest BCUT2D eigenvalue weighted by Crippen LogP contribution is 1.93. The second-order valence-corrected chi connectivity index (χ2v) is 3.99. The monoisotopic (exact) mass is 204 g/mol. The summed E-state index contributed by atoms with van der Waals surface area (Å²) in [5, 5.41) is 0. The van der Waals surface area contributed by atoms with Gasteiger partial charge >= 0.3 is 9.53 Å². The summed E-state index contributed by atoms with van der Waals surface area (Å²) in [4.78, 5) is 0. The van der Waals surface area contributed by atoms with E-state index in [2.05, 4.69) is 13.0 Å². The van der Waals surface area contributed by atoms with Crippen LogP contribution in [0.15, 0.2) is 12.2 Å². The van der Waals surface area contributed by atoms with E-state index in [0.717, 1.165) is 6.42 Å². The van der Waals surface area contributed by atoms with Crippen molar-refractivity contribution in [2.45, 2.75) is 27.2 Å². The number of hydrogen-bond donors (Lipinski definition) is 0. The molecular weight excluding hydrogens is 184 g/mol. The van der Waals surface area contributed by atoms with Crippen molar-refractivity contribution in [2.75, 3.05) is 19.8 Å². The summed E-state index contributed by atoms with van der Waals surface area (Å²) < 4.78 is 16.1. The van der Waals surface area contributed by atoms with E-state index in [9.17, 15) is 0 Å². The van der Waals surface area contributed by atoms with Crippen LogP contribution in [-0.4, -0.2) is 29.3 Å². The molecule has 0 bridgehead atoms. The lowest BCUT2D eigenvalue weighted by atomic mass is 10.4. The molecule has 0 aliphatic rings. The summed E-state index contributed by atoms with van der Waals surface area (Å²) in [6.45, 7) is 7.92. The van der Waals surface area contributed by atoms with E-state index in [1.165, 1.54) is 0 Å². The topological polar surface area (TPSA) is 27.7 Å². The molecule has 78 valence electrons. The largest absolute Gasteiger partial charge is 0.484 e. The summed E-state index contributed by atoms with van der Waals surface area (Å²) in [6.07, 6.45) is 5.11. The first kappa shape index (κ1) is 12.8.